The van der Waals surface area contributed by atoms with Crippen LogP contribution < -0.4 is 10.6 Å². The van der Waals surface area contributed by atoms with Crippen molar-refractivity contribution in [2.24, 2.45) is 0 Å². The van der Waals surface area contributed by atoms with Crippen LogP contribution in [0.4, 0.5) is 16.2 Å². The normalized spacial score (nSPS) is 16.1. The van der Waals surface area contributed by atoms with Gasteiger partial charge in [0.2, 0.25) is 5.01 Å². The van der Waals surface area contributed by atoms with Gasteiger partial charge in [0, 0.05) is 30.4 Å². The van der Waals surface area contributed by atoms with E-state index in [9.17, 15) is 9.59 Å². The first-order chi connectivity index (χ1) is 15.0. The van der Waals surface area contributed by atoms with Crippen molar-refractivity contribution < 1.29 is 9.59 Å². The van der Waals surface area contributed by atoms with Crippen LogP contribution in [0.5, 0.6) is 0 Å². The van der Waals surface area contributed by atoms with Crippen LogP contribution in [0.1, 0.15) is 44.7 Å². The number of aryl methyl sites for hydroxylation is 2. The topological polar surface area (TPSA) is 87.2 Å². The Balaban J connectivity index is 1.40. The molecular weight excluding hydrogens is 410 g/mol. The van der Waals surface area contributed by atoms with Crippen LogP contribution in [0.15, 0.2) is 48.5 Å². The van der Waals surface area contributed by atoms with Gasteiger partial charge in [0.25, 0.3) is 5.91 Å². The van der Waals surface area contributed by atoms with Gasteiger partial charge in [0.05, 0.1) is 0 Å². The average Bonchev–Trinajstić information content (AvgIpc) is 3.28. The molecule has 0 bridgehead atoms. The number of carbonyl (C=O) groups is 2. The maximum absolute atomic E-state index is 12.8. The van der Waals surface area contributed by atoms with E-state index in [4.69, 9.17) is 0 Å². The minimum absolute atomic E-state index is 0.0777. The molecule has 0 radical (unpaired) electrons. The summed E-state index contributed by atoms with van der Waals surface area (Å²) in [7, 11) is 0. The molecule has 160 valence electrons. The van der Waals surface area contributed by atoms with Gasteiger partial charge in [0.1, 0.15) is 5.01 Å². The summed E-state index contributed by atoms with van der Waals surface area (Å²) in [5, 5.41) is 15.3. The first-order valence-corrected chi connectivity index (χ1v) is 11.1. The molecule has 1 saturated heterocycles. The predicted octanol–water partition coefficient (Wildman–Crippen LogP) is 4.82. The summed E-state index contributed by atoms with van der Waals surface area (Å²) in [5.41, 5.74) is 3.69. The molecule has 0 spiro atoms. The van der Waals surface area contributed by atoms with Crippen molar-refractivity contribution in [3.63, 3.8) is 0 Å². The molecule has 31 heavy (non-hydrogen) atoms. The van der Waals surface area contributed by atoms with Crippen LogP contribution >= 0.6 is 11.3 Å². The van der Waals surface area contributed by atoms with E-state index in [0.717, 1.165) is 40.4 Å². The summed E-state index contributed by atoms with van der Waals surface area (Å²) in [4.78, 5) is 27.1. The molecule has 7 nitrogen and oxygen atoms in total. The number of rotatable bonds is 4. The number of urea groups is 1. The van der Waals surface area contributed by atoms with Crippen molar-refractivity contribution in [3.05, 3.63) is 69.7 Å². The van der Waals surface area contributed by atoms with Gasteiger partial charge in [-0.2, -0.15) is 0 Å². The third-order valence-electron chi connectivity index (χ3n) is 5.36. The predicted molar refractivity (Wildman–Crippen MR) is 123 cm³/mol. The van der Waals surface area contributed by atoms with E-state index in [0.29, 0.717) is 18.1 Å². The van der Waals surface area contributed by atoms with Crippen LogP contribution in [0, 0.1) is 13.8 Å². The lowest BCUT2D eigenvalue weighted by Crippen LogP contribution is -2.41. The van der Waals surface area contributed by atoms with Crippen molar-refractivity contribution in [2.45, 2.75) is 32.6 Å². The van der Waals surface area contributed by atoms with Crippen molar-refractivity contribution in [1.29, 1.82) is 0 Å². The molecule has 2 aromatic carbocycles. The average molecular weight is 436 g/mol. The van der Waals surface area contributed by atoms with Crippen LogP contribution in [-0.4, -0.2) is 40.1 Å². The number of likely N-dealkylation sites (tertiary alicyclic amines) is 1. The van der Waals surface area contributed by atoms with Gasteiger partial charge in [-0.15, -0.1) is 10.2 Å². The number of anilines is 2. The molecule has 3 aromatic rings. The third-order valence-corrected chi connectivity index (χ3v) is 6.44. The Morgan fingerprint density at radius 3 is 2.68 bits per heavy atom. The number of hydrogen-bond donors (Lipinski definition) is 2. The second-order valence-electron chi connectivity index (χ2n) is 7.80. The summed E-state index contributed by atoms with van der Waals surface area (Å²) in [6, 6.07) is 15.2. The van der Waals surface area contributed by atoms with Gasteiger partial charge < -0.3 is 15.5 Å². The number of aromatic nitrogens is 2. The van der Waals surface area contributed by atoms with E-state index in [1.165, 1.54) is 11.3 Å². The number of para-hydroxylation sites is 1. The van der Waals surface area contributed by atoms with Gasteiger partial charge >= 0.3 is 6.03 Å². The number of hydrogen-bond acceptors (Lipinski definition) is 5. The van der Waals surface area contributed by atoms with Crippen molar-refractivity contribution in [2.75, 3.05) is 23.7 Å². The highest BCUT2D eigenvalue weighted by Gasteiger charge is 2.28. The Labute approximate surface area is 185 Å². The summed E-state index contributed by atoms with van der Waals surface area (Å²) in [6.45, 7) is 5.25. The molecule has 4 rings (SSSR count). The lowest BCUT2D eigenvalue weighted by molar-refractivity contribution is 0.102. The second kappa shape index (κ2) is 9.26. The van der Waals surface area contributed by atoms with Crippen LogP contribution in [-0.2, 0) is 0 Å². The summed E-state index contributed by atoms with van der Waals surface area (Å²) >= 11 is 1.30. The minimum Gasteiger partial charge on any atom is -0.324 e. The molecule has 0 aliphatic carbocycles. The molecule has 1 aliphatic rings. The molecule has 1 atom stereocenters. The largest absolute Gasteiger partial charge is 0.324 e. The molecule has 0 saturated carbocycles. The van der Waals surface area contributed by atoms with Gasteiger partial charge in [-0.1, -0.05) is 41.7 Å². The lowest BCUT2D eigenvalue weighted by atomic mass is 9.99. The maximum Gasteiger partial charge on any atom is 0.321 e. The van der Waals surface area contributed by atoms with Gasteiger partial charge in [-0.05, 0) is 56.0 Å². The molecular formula is C23H25N5O2S. The highest BCUT2D eigenvalue weighted by molar-refractivity contribution is 7.13. The van der Waals surface area contributed by atoms with E-state index in [1.54, 1.807) is 0 Å². The third kappa shape index (κ3) is 5.08. The Morgan fingerprint density at radius 2 is 1.87 bits per heavy atom. The van der Waals surface area contributed by atoms with Crippen molar-refractivity contribution in [3.8, 4) is 0 Å². The van der Waals surface area contributed by atoms with E-state index >= 15 is 0 Å². The molecule has 1 fully saturated rings. The first kappa shape index (κ1) is 21.0. The summed E-state index contributed by atoms with van der Waals surface area (Å²) in [5.74, 6) is -0.191. The molecule has 8 heteroatoms. The highest BCUT2D eigenvalue weighted by atomic mass is 32.1. The van der Waals surface area contributed by atoms with E-state index in [-0.39, 0.29) is 17.9 Å². The number of benzene rings is 2. The molecule has 2 N–H and O–H groups in total. The minimum atomic E-state index is -0.268. The zero-order valence-corrected chi connectivity index (χ0v) is 18.4. The molecule has 2 heterocycles. The number of amides is 3. The van der Waals surface area contributed by atoms with Gasteiger partial charge in [-0.3, -0.25) is 4.79 Å². The Bertz CT molecular complexity index is 1080. The zero-order chi connectivity index (χ0) is 21.8. The number of piperidine rings is 1. The van der Waals surface area contributed by atoms with Crippen LogP contribution in [0.3, 0.4) is 0 Å². The molecule has 1 aromatic heterocycles. The van der Waals surface area contributed by atoms with E-state index in [2.05, 4.69) is 20.8 Å². The quantitative estimate of drug-likeness (QED) is 0.615. The molecule has 1 aliphatic heterocycles. The fraction of sp³-hybridized carbons (Fsp3) is 0.304. The number of carbonyl (C=O) groups excluding carboxylic acids is 2. The summed E-state index contributed by atoms with van der Waals surface area (Å²) < 4.78 is 0. The molecule has 3 amide bonds. The second-order valence-corrected chi connectivity index (χ2v) is 8.81. The lowest BCUT2D eigenvalue weighted by Gasteiger charge is -2.31. The monoisotopic (exact) mass is 435 g/mol. The van der Waals surface area contributed by atoms with E-state index < -0.39 is 0 Å². The number of nitrogens with zero attached hydrogens (tertiary/aromatic N) is 3. The first-order valence-electron chi connectivity index (χ1n) is 10.3. The fourth-order valence-corrected chi connectivity index (χ4v) is 4.49. The maximum atomic E-state index is 12.8. The van der Waals surface area contributed by atoms with Crippen LogP contribution in [0.2, 0.25) is 0 Å². The van der Waals surface area contributed by atoms with Gasteiger partial charge in [0.15, 0.2) is 0 Å². The summed E-state index contributed by atoms with van der Waals surface area (Å²) in [6.07, 6.45) is 1.80. The Hall–Kier alpha value is -3.26. The Kier molecular flexibility index (Phi) is 6.27. The highest BCUT2D eigenvalue weighted by Crippen LogP contribution is 2.30. The van der Waals surface area contributed by atoms with Crippen molar-refractivity contribution >= 4 is 34.6 Å². The standard InChI is InChI=1S/C23H25N5O2S/c1-15-10-11-16(2)19(13-15)25-23(30)28-12-6-7-17(14-28)21-26-27-22(31-21)20(29)24-18-8-4-3-5-9-18/h3-5,8-11,13,17H,6-7,12,14H2,1-2H3,(H,24,29)(H,25,30)/t17-/m1/s1. The van der Waals surface area contributed by atoms with E-state index in [1.807, 2.05) is 67.3 Å². The van der Waals surface area contributed by atoms with Gasteiger partial charge in [-0.25, -0.2) is 4.79 Å². The Morgan fingerprint density at radius 1 is 1.06 bits per heavy atom. The number of nitrogens with one attached hydrogen (secondary N) is 2. The van der Waals surface area contributed by atoms with Crippen LogP contribution in [0.25, 0.3) is 0 Å². The fourth-order valence-electron chi connectivity index (χ4n) is 3.63. The SMILES string of the molecule is Cc1ccc(C)c(NC(=O)N2CCC[C@@H](c3nnc(C(=O)Nc4ccccc4)s3)C2)c1. The molecule has 0 unspecified atom stereocenters. The van der Waals surface area contributed by atoms with Crippen molar-refractivity contribution in [1.82, 2.24) is 15.1 Å². The smallest absolute Gasteiger partial charge is 0.321 e. The zero-order valence-electron chi connectivity index (χ0n) is 17.6.